The van der Waals surface area contributed by atoms with Gasteiger partial charge < -0.3 is 9.32 Å². The lowest BCUT2D eigenvalue weighted by Gasteiger charge is -2.38. The summed E-state index contributed by atoms with van der Waals surface area (Å²) in [6.45, 7) is 4.91. The Morgan fingerprint density at radius 3 is 2.47 bits per heavy atom. The van der Waals surface area contributed by atoms with Gasteiger partial charge in [0.1, 0.15) is 5.02 Å². The van der Waals surface area contributed by atoms with Crippen LogP contribution < -0.4 is 10.5 Å². The van der Waals surface area contributed by atoms with Crippen LogP contribution in [0.1, 0.15) is 18.9 Å². The molecular formula is C24H22Cl2N6O2. The number of piperazine rings is 1. The van der Waals surface area contributed by atoms with Gasteiger partial charge >= 0.3 is 0 Å². The molecule has 5 rings (SSSR count). The first-order chi connectivity index (χ1) is 16.5. The zero-order valence-electron chi connectivity index (χ0n) is 18.4. The molecule has 2 aromatic heterocycles. The maximum Gasteiger partial charge on any atom is 0.292 e. The number of para-hydroxylation sites is 1. The lowest BCUT2D eigenvalue weighted by Crippen LogP contribution is -2.47. The second-order valence-electron chi connectivity index (χ2n) is 8.05. The smallest absolute Gasteiger partial charge is 0.292 e. The highest BCUT2D eigenvalue weighted by atomic mass is 35.5. The Balaban J connectivity index is 1.27. The first-order valence-electron chi connectivity index (χ1n) is 10.9. The van der Waals surface area contributed by atoms with E-state index >= 15 is 0 Å². The molecule has 1 aliphatic heterocycles. The average Bonchev–Trinajstić information content (AvgIpc) is 3.36. The van der Waals surface area contributed by atoms with Crippen molar-refractivity contribution < 1.29 is 4.42 Å². The van der Waals surface area contributed by atoms with E-state index in [1.54, 1.807) is 18.3 Å². The minimum absolute atomic E-state index is 0.0535. The Morgan fingerprint density at radius 2 is 1.74 bits per heavy atom. The highest BCUT2D eigenvalue weighted by molar-refractivity contribution is 6.33. The molecule has 0 N–H and O–H groups in total. The van der Waals surface area contributed by atoms with E-state index in [9.17, 15) is 4.79 Å². The van der Waals surface area contributed by atoms with E-state index < -0.39 is 0 Å². The lowest BCUT2D eigenvalue weighted by atomic mass is 10.2. The fraction of sp³-hybridized carbons (Fsp3) is 0.250. The van der Waals surface area contributed by atoms with Gasteiger partial charge in [-0.1, -0.05) is 47.5 Å². The zero-order valence-corrected chi connectivity index (χ0v) is 19.9. The highest BCUT2D eigenvalue weighted by Gasteiger charge is 2.27. The maximum atomic E-state index is 12.8. The third-order valence-electron chi connectivity index (χ3n) is 5.97. The van der Waals surface area contributed by atoms with Gasteiger partial charge in [0.15, 0.2) is 0 Å². The summed E-state index contributed by atoms with van der Waals surface area (Å²) >= 11 is 12.6. The first-order valence-corrected chi connectivity index (χ1v) is 11.7. The van der Waals surface area contributed by atoms with Crippen molar-refractivity contribution >= 4 is 28.9 Å². The van der Waals surface area contributed by atoms with E-state index in [4.69, 9.17) is 27.6 Å². The number of nitrogens with zero attached hydrogens (tertiary/aromatic N) is 6. The molecule has 0 bridgehead atoms. The lowest BCUT2D eigenvalue weighted by molar-refractivity contribution is 0.173. The number of hydrogen-bond acceptors (Lipinski definition) is 7. The number of halogens is 2. The minimum Gasteiger partial charge on any atom is -0.419 e. The molecule has 1 aliphatic rings. The summed E-state index contributed by atoms with van der Waals surface area (Å²) in [5, 5.41) is 13.6. The van der Waals surface area contributed by atoms with Crippen LogP contribution in [0.25, 0.3) is 17.1 Å². The minimum atomic E-state index is -0.333. The predicted molar refractivity (Wildman–Crippen MR) is 132 cm³/mol. The Kier molecular flexibility index (Phi) is 6.36. The van der Waals surface area contributed by atoms with Crippen molar-refractivity contribution in [3.63, 3.8) is 0 Å². The van der Waals surface area contributed by atoms with Crippen LogP contribution >= 0.6 is 23.2 Å². The Hall–Kier alpha value is -3.20. The maximum absolute atomic E-state index is 12.8. The number of benzene rings is 2. The van der Waals surface area contributed by atoms with Crippen LogP contribution in [-0.2, 0) is 0 Å². The second kappa shape index (κ2) is 9.58. The van der Waals surface area contributed by atoms with Crippen LogP contribution in [0.15, 0.2) is 70.0 Å². The molecule has 4 aromatic rings. The molecule has 2 aromatic carbocycles. The van der Waals surface area contributed by atoms with Crippen LogP contribution in [0, 0.1) is 0 Å². The van der Waals surface area contributed by atoms with E-state index in [0.29, 0.717) is 41.3 Å². The van der Waals surface area contributed by atoms with Crippen LogP contribution in [0.2, 0.25) is 10.0 Å². The van der Waals surface area contributed by atoms with Gasteiger partial charge in [-0.15, -0.1) is 10.2 Å². The summed E-state index contributed by atoms with van der Waals surface area (Å²) in [5.41, 5.74) is 1.78. The third-order valence-corrected chi connectivity index (χ3v) is 6.56. The molecule has 0 saturated carbocycles. The van der Waals surface area contributed by atoms with Crippen molar-refractivity contribution in [2.24, 2.45) is 0 Å². The molecule has 0 spiro atoms. The Morgan fingerprint density at radius 1 is 0.971 bits per heavy atom. The monoisotopic (exact) mass is 496 g/mol. The number of rotatable bonds is 5. The van der Waals surface area contributed by atoms with Gasteiger partial charge in [-0.3, -0.25) is 9.69 Å². The van der Waals surface area contributed by atoms with Crippen molar-refractivity contribution in [2.75, 3.05) is 31.1 Å². The van der Waals surface area contributed by atoms with E-state index in [-0.39, 0.29) is 16.6 Å². The number of anilines is 1. The summed E-state index contributed by atoms with van der Waals surface area (Å²) in [7, 11) is 0. The van der Waals surface area contributed by atoms with Crippen molar-refractivity contribution in [1.82, 2.24) is 24.9 Å². The molecule has 0 amide bonds. The predicted octanol–water partition coefficient (Wildman–Crippen LogP) is 4.47. The summed E-state index contributed by atoms with van der Waals surface area (Å²) in [5.74, 6) is 0.994. The van der Waals surface area contributed by atoms with E-state index in [1.807, 2.05) is 49.4 Å². The van der Waals surface area contributed by atoms with Gasteiger partial charge in [-0.25, -0.2) is 0 Å². The van der Waals surface area contributed by atoms with Crippen LogP contribution in [0.3, 0.4) is 0 Å². The summed E-state index contributed by atoms with van der Waals surface area (Å²) in [6.07, 6.45) is 1.66. The van der Waals surface area contributed by atoms with Gasteiger partial charge in [0.05, 0.1) is 23.6 Å². The molecule has 1 unspecified atom stereocenters. The molecule has 1 atom stereocenters. The van der Waals surface area contributed by atoms with Gasteiger partial charge in [0, 0.05) is 36.8 Å². The fourth-order valence-electron chi connectivity index (χ4n) is 4.05. The average molecular weight is 497 g/mol. The zero-order chi connectivity index (χ0) is 23.7. The second-order valence-corrected chi connectivity index (χ2v) is 8.87. The molecule has 34 heavy (non-hydrogen) atoms. The normalized spacial score (nSPS) is 15.4. The molecule has 10 heteroatoms. The van der Waals surface area contributed by atoms with Crippen LogP contribution in [-0.4, -0.2) is 51.1 Å². The summed E-state index contributed by atoms with van der Waals surface area (Å²) in [4.78, 5) is 17.2. The summed E-state index contributed by atoms with van der Waals surface area (Å²) in [6, 6.07) is 16.5. The molecular weight excluding hydrogens is 475 g/mol. The molecule has 174 valence electrons. The van der Waals surface area contributed by atoms with E-state index in [2.05, 4.69) is 25.1 Å². The summed E-state index contributed by atoms with van der Waals surface area (Å²) < 4.78 is 7.25. The van der Waals surface area contributed by atoms with Gasteiger partial charge in [0.2, 0.25) is 11.8 Å². The van der Waals surface area contributed by atoms with Crippen molar-refractivity contribution in [2.45, 2.75) is 13.0 Å². The van der Waals surface area contributed by atoms with Gasteiger partial charge in [0.25, 0.3) is 5.56 Å². The topological polar surface area (TPSA) is 80.3 Å². The SMILES string of the molecule is CC(c1nnc(-c2cccc(Cl)c2)o1)N1CCN(c2cnn(-c3ccccc3)c(=O)c2Cl)CC1. The Labute approximate surface area is 206 Å². The molecule has 3 heterocycles. The standard InChI is InChI=1S/C24H22Cl2N6O2/c1-16(22-28-29-23(34-22)17-6-5-7-18(25)14-17)30-10-12-31(13-11-30)20-15-27-32(24(33)21(20)26)19-8-3-2-4-9-19/h2-9,14-16H,10-13H2,1H3. The van der Waals surface area contributed by atoms with Crippen LogP contribution in [0.4, 0.5) is 5.69 Å². The van der Waals surface area contributed by atoms with Crippen molar-refractivity contribution in [3.8, 4) is 17.1 Å². The van der Waals surface area contributed by atoms with E-state index in [0.717, 1.165) is 18.7 Å². The highest BCUT2D eigenvalue weighted by Crippen LogP contribution is 2.28. The van der Waals surface area contributed by atoms with Crippen molar-refractivity contribution in [3.05, 3.63) is 87.1 Å². The van der Waals surface area contributed by atoms with Gasteiger partial charge in [-0.05, 0) is 37.3 Å². The molecule has 1 fully saturated rings. The Bertz CT molecular complexity index is 1350. The molecule has 0 aliphatic carbocycles. The van der Waals surface area contributed by atoms with Crippen LogP contribution in [0.5, 0.6) is 0 Å². The number of aromatic nitrogens is 4. The molecule has 0 radical (unpaired) electrons. The first kappa shape index (κ1) is 22.6. The van der Waals surface area contributed by atoms with E-state index in [1.165, 1.54) is 4.68 Å². The molecule has 1 saturated heterocycles. The molecule has 8 nitrogen and oxygen atoms in total. The largest absolute Gasteiger partial charge is 0.419 e. The van der Waals surface area contributed by atoms with Crippen molar-refractivity contribution in [1.29, 1.82) is 0 Å². The third kappa shape index (κ3) is 4.44. The quantitative estimate of drug-likeness (QED) is 0.403. The number of hydrogen-bond donors (Lipinski definition) is 0. The van der Waals surface area contributed by atoms with Gasteiger partial charge in [-0.2, -0.15) is 9.78 Å². The fourth-order valence-corrected chi connectivity index (χ4v) is 4.48.